The van der Waals surface area contributed by atoms with Crippen LogP contribution in [0.25, 0.3) is 0 Å². The van der Waals surface area contributed by atoms with Crippen LogP contribution in [0.1, 0.15) is 12.8 Å². The molecule has 0 aromatic heterocycles. The number of sulfone groups is 1. The van der Waals surface area contributed by atoms with Gasteiger partial charge in [-0.25, -0.2) is 8.42 Å². The molecule has 1 aliphatic rings. The van der Waals surface area contributed by atoms with Crippen LogP contribution in [0.3, 0.4) is 0 Å². The van der Waals surface area contributed by atoms with Gasteiger partial charge in [0.25, 0.3) is 0 Å². The largest absolute Gasteiger partial charge is 0.486 e. The summed E-state index contributed by atoms with van der Waals surface area (Å²) in [7, 11) is -3.35. The number of fused-ring (bicyclic) bond motifs is 1. The lowest BCUT2D eigenvalue weighted by atomic mass is 10.3. The van der Waals surface area contributed by atoms with Crippen LogP contribution in [0.2, 0.25) is 0 Å². The molecule has 0 aliphatic carbocycles. The number of unbranched alkanes of at least 4 members (excludes halogenated alkanes) is 1. The maximum absolute atomic E-state index is 12.0. The Labute approximate surface area is 106 Å². The Morgan fingerprint density at radius 1 is 1.22 bits per heavy atom. The molecule has 1 aromatic rings. The average molecular weight is 267 g/mol. The summed E-state index contributed by atoms with van der Waals surface area (Å²) in [5.41, 5.74) is 0. The molecule has 0 bridgehead atoms. The molecular formula is C12H13NO4S. The second-order valence-electron chi connectivity index (χ2n) is 3.89. The fraction of sp³-hybridized carbons (Fsp3) is 0.417. The number of nitrogens with zero attached hydrogens (tertiary/aromatic N) is 1. The number of rotatable bonds is 4. The van der Waals surface area contributed by atoms with Gasteiger partial charge in [-0.05, 0) is 18.6 Å². The Morgan fingerprint density at radius 2 is 1.94 bits per heavy atom. The summed E-state index contributed by atoms with van der Waals surface area (Å²) in [6, 6.07) is 6.53. The molecule has 6 heteroatoms. The van der Waals surface area contributed by atoms with Gasteiger partial charge in [-0.1, -0.05) is 0 Å². The minimum atomic E-state index is -3.35. The van der Waals surface area contributed by atoms with Crippen LogP contribution in [0.4, 0.5) is 0 Å². The first-order valence-electron chi connectivity index (χ1n) is 5.63. The van der Waals surface area contributed by atoms with Crippen molar-refractivity contribution in [3.63, 3.8) is 0 Å². The molecule has 0 amide bonds. The molecule has 1 aliphatic heterocycles. The second-order valence-corrected chi connectivity index (χ2v) is 6.00. The van der Waals surface area contributed by atoms with Crippen molar-refractivity contribution in [2.75, 3.05) is 19.0 Å². The third kappa shape index (κ3) is 2.74. The van der Waals surface area contributed by atoms with Gasteiger partial charge in [0.05, 0.1) is 16.7 Å². The molecule has 0 radical (unpaired) electrons. The number of nitriles is 1. The van der Waals surface area contributed by atoms with E-state index in [0.717, 1.165) is 0 Å². The van der Waals surface area contributed by atoms with Crippen molar-refractivity contribution in [1.82, 2.24) is 0 Å². The lowest BCUT2D eigenvalue weighted by Gasteiger charge is -2.18. The lowest BCUT2D eigenvalue weighted by molar-refractivity contribution is 0.171. The summed E-state index contributed by atoms with van der Waals surface area (Å²) >= 11 is 0. The summed E-state index contributed by atoms with van der Waals surface area (Å²) in [6.07, 6.45) is 0.580. The van der Waals surface area contributed by atoms with Crippen molar-refractivity contribution < 1.29 is 17.9 Å². The zero-order chi connectivity index (χ0) is 13.0. The van der Waals surface area contributed by atoms with Crippen LogP contribution in [0.15, 0.2) is 23.1 Å². The van der Waals surface area contributed by atoms with Gasteiger partial charge in [-0.15, -0.1) is 0 Å². The molecule has 1 heterocycles. The van der Waals surface area contributed by atoms with Crippen LogP contribution in [-0.2, 0) is 9.84 Å². The van der Waals surface area contributed by atoms with Gasteiger partial charge >= 0.3 is 0 Å². The highest BCUT2D eigenvalue weighted by atomic mass is 32.2. The van der Waals surface area contributed by atoms with E-state index >= 15 is 0 Å². The molecule has 5 nitrogen and oxygen atoms in total. The van der Waals surface area contributed by atoms with E-state index in [9.17, 15) is 8.42 Å². The van der Waals surface area contributed by atoms with E-state index in [0.29, 0.717) is 31.1 Å². The standard InChI is InChI=1S/C12H13NO4S/c13-5-1-2-8-18(14,15)10-3-4-11-12(9-10)17-7-6-16-11/h3-4,9H,1-2,6-8H2. The molecule has 1 aromatic carbocycles. The lowest BCUT2D eigenvalue weighted by Crippen LogP contribution is -2.16. The molecule has 0 fully saturated rings. The highest BCUT2D eigenvalue weighted by Crippen LogP contribution is 2.32. The van der Waals surface area contributed by atoms with Gasteiger partial charge < -0.3 is 9.47 Å². The molecule has 0 unspecified atom stereocenters. The predicted molar refractivity (Wildman–Crippen MR) is 64.3 cm³/mol. The predicted octanol–water partition coefficient (Wildman–Crippen LogP) is 1.54. The topological polar surface area (TPSA) is 76.4 Å². The quantitative estimate of drug-likeness (QED) is 0.773. The molecule has 18 heavy (non-hydrogen) atoms. The summed E-state index contributed by atoms with van der Waals surface area (Å²) in [5, 5.41) is 8.41. The van der Waals surface area contributed by atoms with Crippen molar-refractivity contribution in [3.05, 3.63) is 18.2 Å². The fourth-order valence-corrected chi connectivity index (χ4v) is 3.00. The fourth-order valence-electron chi connectivity index (χ4n) is 1.68. The molecule has 0 saturated heterocycles. The Balaban J connectivity index is 2.20. The van der Waals surface area contributed by atoms with Crippen molar-refractivity contribution >= 4 is 9.84 Å². The normalized spacial score (nSPS) is 13.9. The number of benzene rings is 1. The minimum absolute atomic E-state index is 0.0276. The average Bonchev–Trinajstić information content (AvgIpc) is 2.38. The summed E-state index contributed by atoms with van der Waals surface area (Å²) in [5.74, 6) is 1.00. The first kappa shape index (κ1) is 12.7. The van der Waals surface area contributed by atoms with Crippen molar-refractivity contribution in [3.8, 4) is 17.6 Å². The van der Waals surface area contributed by atoms with Crippen molar-refractivity contribution in [2.45, 2.75) is 17.7 Å². The van der Waals surface area contributed by atoms with Gasteiger partial charge in [-0.3, -0.25) is 0 Å². The van der Waals surface area contributed by atoms with Crippen molar-refractivity contribution in [1.29, 1.82) is 5.26 Å². The summed E-state index contributed by atoms with van der Waals surface area (Å²) < 4.78 is 34.6. The zero-order valence-corrected chi connectivity index (χ0v) is 10.6. The summed E-state index contributed by atoms with van der Waals surface area (Å²) in [4.78, 5) is 0.213. The highest BCUT2D eigenvalue weighted by molar-refractivity contribution is 7.91. The monoisotopic (exact) mass is 267 g/mol. The maximum atomic E-state index is 12.0. The number of hydrogen-bond donors (Lipinski definition) is 0. The molecular weight excluding hydrogens is 254 g/mol. The molecule has 2 rings (SSSR count). The smallest absolute Gasteiger partial charge is 0.178 e. The Bertz CT molecular complexity index is 574. The Morgan fingerprint density at radius 3 is 2.67 bits per heavy atom. The van der Waals surface area contributed by atoms with Gasteiger partial charge in [0.15, 0.2) is 21.3 Å². The molecule has 0 saturated carbocycles. The van der Waals surface area contributed by atoms with Crippen LogP contribution in [0, 0.1) is 11.3 Å². The van der Waals surface area contributed by atoms with E-state index in [1.165, 1.54) is 12.1 Å². The molecule has 96 valence electrons. The zero-order valence-electron chi connectivity index (χ0n) is 9.76. The van der Waals surface area contributed by atoms with Gasteiger partial charge in [0, 0.05) is 12.5 Å². The minimum Gasteiger partial charge on any atom is -0.486 e. The highest BCUT2D eigenvalue weighted by Gasteiger charge is 2.19. The van der Waals surface area contributed by atoms with Crippen molar-refractivity contribution in [2.24, 2.45) is 0 Å². The first-order chi connectivity index (χ1) is 8.63. The van der Waals surface area contributed by atoms with E-state index in [-0.39, 0.29) is 17.1 Å². The molecule has 0 N–H and O–H groups in total. The second kappa shape index (κ2) is 5.27. The Kier molecular flexibility index (Phi) is 3.72. The van der Waals surface area contributed by atoms with E-state index in [4.69, 9.17) is 14.7 Å². The van der Waals surface area contributed by atoms with Crippen LogP contribution < -0.4 is 9.47 Å². The molecule has 0 atom stereocenters. The van der Waals surface area contributed by atoms with E-state index in [1.54, 1.807) is 6.07 Å². The third-order valence-corrected chi connectivity index (χ3v) is 4.37. The summed E-state index contributed by atoms with van der Waals surface area (Å²) in [6.45, 7) is 0.895. The number of ether oxygens (including phenoxy) is 2. The van der Waals surface area contributed by atoms with Gasteiger partial charge in [0.1, 0.15) is 13.2 Å². The van der Waals surface area contributed by atoms with Crippen LogP contribution >= 0.6 is 0 Å². The van der Waals surface area contributed by atoms with E-state index < -0.39 is 9.84 Å². The van der Waals surface area contributed by atoms with Gasteiger partial charge in [0.2, 0.25) is 0 Å². The Hall–Kier alpha value is -1.74. The first-order valence-corrected chi connectivity index (χ1v) is 7.28. The van der Waals surface area contributed by atoms with Crippen LogP contribution in [-0.4, -0.2) is 27.4 Å². The van der Waals surface area contributed by atoms with E-state index in [1.807, 2.05) is 6.07 Å². The van der Waals surface area contributed by atoms with Crippen LogP contribution in [0.5, 0.6) is 11.5 Å². The van der Waals surface area contributed by atoms with Gasteiger partial charge in [-0.2, -0.15) is 5.26 Å². The third-order valence-electron chi connectivity index (χ3n) is 2.57. The molecule has 0 spiro atoms. The SMILES string of the molecule is N#CCCCS(=O)(=O)c1ccc2c(c1)OCCO2. The van der Waals surface area contributed by atoms with E-state index in [2.05, 4.69) is 0 Å². The number of hydrogen-bond acceptors (Lipinski definition) is 5. The maximum Gasteiger partial charge on any atom is 0.178 e.